The molecule has 0 spiro atoms. The van der Waals surface area contributed by atoms with Crippen molar-refractivity contribution in [1.82, 2.24) is 0 Å². The molecule has 0 aromatic heterocycles. The first-order valence-corrected chi connectivity index (χ1v) is 5.42. The van der Waals surface area contributed by atoms with Gasteiger partial charge in [-0.1, -0.05) is 6.92 Å². The average Bonchev–Trinajstić information content (AvgIpc) is 2.29. The lowest BCUT2D eigenvalue weighted by molar-refractivity contribution is -0.122. The second-order valence-corrected chi connectivity index (χ2v) is 4.22. The van der Waals surface area contributed by atoms with Crippen LogP contribution in [0.4, 0.5) is 0 Å². The fourth-order valence-corrected chi connectivity index (χ4v) is 2.12. The Hall–Kier alpha value is -1.51. The first-order valence-electron chi connectivity index (χ1n) is 5.42. The molecule has 0 saturated carbocycles. The monoisotopic (exact) mass is 220 g/mol. The SMILES string of the molecule is COc1cc2c(cc1OC)CC(C)C(=O)C2. The highest BCUT2D eigenvalue weighted by Crippen LogP contribution is 2.34. The van der Waals surface area contributed by atoms with E-state index in [9.17, 15) is 4.79 Å². The molecule has 0 heterocycles. The van der Waals surface area contributed by atoms with Crippen LogP contribution in [0.15, 0.2) is 12.1 Å². The predicted molar refractivity (Wildman–Crippen MR) is 61.1 cm³/mol. The van der Waals surface area contributed by atoms with E-state index >= 15 is 0 Å². The summed E-state index contributed by atoms with van der Waals surface area (Å²) in [7, 11) is 3.24. The number of carbonyl (C=O) groups excluding carboxylic acids is 1. The van der Waals surface area contributed by atoms with Gasteiger partial charge in [0.2, 0.25) is 0 Å². The lowest BCUT2D eigenvalue weighted by Gasteiger charge is -2.22. The van der Waals surface area contributed by atoms with Crippen molar-refractivity contribution in [3.05, 3.63) is 23.3 Å². The molecule has 0 radical (unpaired) electrons. The summed E-state index contributed by atoms with van der Waals surface area (Å²) in [5.41, 5.74) is 2.27. The summed E-state index contributed by atoms with van der Waals surface area (Å²) in [4.78, 5) is 11.6. The Morgan fingerprint density at radius 1 is 1.12 bits per heavy atom. The number of ether oxygens (including phenoxy) is 2. The van der Waals surface area contributed by atoms with Gasteiger partial charge in [-0.2, -0.15) is 0 Å². The Bertz CT molecular complexity index is 423. The number of methoxy groups -OCH3 is 2. The zero-order chi connectivity index (χ0) is 11.7. The molecule has 0 amide bonds. The molecule has 1 aromatic carbocycles. The highest BCUT2D eigenvalue weighted by atomic mass is 16.5. The number of benzene rings is 1. The zero-order valence-corrected chi connectivity index (χ0v) is 9.87. The third-order valence-electron chi connectivity index (χ3n) is 3.15. The van der Waals surface area contributed by atoms with Gasteiger partial charge in [-0.3, -0.25) is 4.79 Å². The molecule has 1 unspecified atom stereocenters. The summed E-state index contributed by atoms with van der Waals surface area (Å²) >= 11 is 0. The van der Waals surface area contributed by atoms with Crippen LogP contribution in [-0.4, -0.2) is 20.0 Å². The van der Waals surface area contributed by atoms with Crippen LogP contribution in [-0.2, 0) is 17.6 Å². The summed E-state index contributed by atoms with van der Waals surface area (Å²) in [6.07, 6.45) is 1.31. The average molecular weight is 220 g/mol. The Kier molecular flexibility index (Phi) is 2.86. The molecular formula is C13H16O3. The van der Waals surface area contributed by atoms with Gasteiger partial charge in [-0.05, 0) is 29.7 Å². The number of hydrogen-bond donors (Lipinski definition) is 0. The van der Waals surface area contributed by atoms with Gasteiger partial charge in [0.25, 0.3) is 0 Å². The van der Waals surface area contributed by atoms with Gasteiger partial charge < -0.3 is 9.47 Å². The molecule has 1 atom stereocenters. The molecule has 3 nitrogen and oxygen atoms in total. The van der Waals surface area contributed by atoms with Crippen molar-refractivity contribution >= 4 is 5.78 Å². The van der Waals surface area contributed by atoms with Gasteiger partial charge in [0, 0.05) is 12.3 Å². The smallest absolute Gasteiger partial charge is 0.161 e. The topological polar surface area (TPSA) is 35.5 Å². The Morgan fingerprint density at radius 2 is 1.69 bits per heavy atom. The quantitative estimate of drug-likeness (QED) is 0.764. The van der Waals surface area contributed by atoms with Gasteiger partial charge in [0.15, 0.2) is 11.5 Å². The van der Waals surface area contributed by atoms with Crippen molar-refractivity contribution in [2.45, 2.75) is 19.8 Å². The molecular weight excluding hydrogens is 204 g/mol. The summed E-state index contributed by atoms with van der Waals surface area (Å²) in [5.74, 6) is 1.86. The summed E-state index contributed by atoms with van der Waals surface area (Å²) in [6, 6.07) is 3.90. The zero-order valence-electron chi connectivity index (χ0n) is 9.87. The van der Waals surface area contributed by atoms with Crippen LogP contribution < -0.4 is 9.47 Å². The van der Waals surface area contributed by atoms with Gasteiger partial charge in [0.1, 0.15) is 5.78 Å². The molecule has 86 valence electrons. The van der Waals surface area contributed by atoms with Gasteiger partial charge in [-0.15, -0.1) is 0 Å². The van der Waals surface area contributed by atoms with E-state index in [0.717, 1.165) is 17.7 Å². The number of fused-ring (bicyclic) bond motifs is 1. The fourth-order valence-electron chi connectivity index (χ4n) is 2.12. The second-order valence-electron chi connectivity index (χ2n) is 4.22. The van der Waals surface area contributed by atoms with Crippen LogP contribution in [0.3, 0.4) is 0 Å². The van der Waals surface area contributed by atoms with E-state index in [-0.39, 0.29) is 5.92 Å². The minimum Gasteiger partial charge on any atom is -0.493 e. The van der Waals surface area contributed by atoms with Crippen molar-refractivity contribution in [3.63, 3.8) is 0 Å². The minimum absolute atomic E-state index is 0.116. The van der Waals surface area contributed by atoms with E-state index < -0.39 is 0 Å². The highest BCUT2D eigenvalue weighted by molar-refractivity contribution is 5.85. The normalized spacial score (nSPS) is 19.2. The van der Waals surface area contributed by atoms with Crippen LogP contribution in [0.5, 0.6) is 11.5 Å². The molecule has 3 heteroatoms. The van der Waals surface area contributed by atoms with Crippen LogP contribution in [0.25, 0.3) is 0 Å². The van der Waals surface area contributed by atoms with Crippen molar-refractivity contribution < 1.29 is 14.3 Å². The maximum atomic E-state index is 11.6. The lowest BCUT2D eigenvalue weighted by Crippen LogP contribution is -2.22. The number of rotatable bonds is 2. The maximum Gasteiger partial charge on any atom is 0.161 e. The Morgan fingerprint density at radius 3 is 2.25 bits per heavy atom. The van der Waals surface area contributed by atoms with E-state index in [1.807, 2.05) is 19.1 Å². The van der Waals surface area contributed by atoms with Crippen LogP contribution in [0, 0.1) is 5.92 Å². The van der Waals surface area contributed by atoms with Crippen LogP contribution in [0.2, 0.25) is 0 Å². The Labute approximate surface area is 95.4 Å². The molecule has 0 bridgehead atoms. The molecule has 0 aliphatic heterocycles. The molecule has 1 aromatic rings. The molecule has 1 aliphatic carbocycles. The first-order chi connectivity index (χ1) is 7.65. The number of ketones is 1. The molecule has 1 aliphatic rings. The summed E-state index contributed by atoms with van der Waals surface area (Å²) < 4.78 is 10.5. The largest absolute Gasteiger partial charge is 0.493 e. The third kappa shape index (κ3) is 1.77. The summed E-state index contributed by atoms with van der Waals surface area (Å²) in [5, 5.41) is 0. The maximum absolute atomic E-state index is 11.6. The van der Waals surface area contributed by atoms with E-state index in [2.05, 4.69) is 0 Å². The van der Waals surface area contributed by atoms with Crippen LogP contribution >= 0.6 is 0 Å². The lowest BCUT2D eigenvalue weighted by atomic mass is 9.84. The van der Waals surface area contributed by atoms with Crippen molar-refractivity contribution in [2.24, 2.45) is 5.92 Å². The fraction of sp³-hybridized carbons (Fsp3) is 0.462. The predicted octanol–water partition coefficient (Wildman–Crippen LogP) is 2.01. The summed E-state index contributed by atoms with van der Waals surface area (Å²) in [6.45, 7) is 1.97. The number of carbonyl (C=O) groups is 1. The number of Topliss-reactive ketones (excluding diaryl/α,β-unsaturated/α-hetero) is 1. The minimum atomic E-state index is 0.116. The molecule has 16 heavy (non-hydrogen) atoms. The molecule has 0 fully saturated rings. The van der Waals surface area contributed by atoms with Gasteiger partial charge in [0.05, 0.1) is 14.2 Å². The molecule has 0 N–H and O–H groups in total. The van der Waals surface area contributed by atoms with E-state index in [4.69, 9.17) is 9.47 Å². The van der Waals surface area contributed by atoms with Crippen molar-refractivity contribution in [1.29, 1.82) is 0 Å². The highest BCUT2D eigenvalue weighted by Gasteiger charge is 2.24. The Balaban J connectivity index is 2.45. The van der Waals surface area contributed by atoms with Crippen molar-refractivity contribution in [3.8, 4) is 11.5 Å². The van der Waals surface area contributed by atoms with E-state index in [1.54, 1.807) is 14.2 Å². The van der Waals surface area contributed by atoms with Gasteiger partial charge in [-0.25, -0.2) is 0 Å². The van der Waals surface area contributed by atoms with Crippen LogP contribution in [0.1, 0.15) is 18.1 Å². The van der Waals surface area contributed by atoms with E-state index in [0.29, 0.717) is 18.0 Å². The first kappa shape index (κ1) is 11.0. The molecule has 2 rings (SSSR count). The van der Waals surface area contributed by atoms with Gasteiger partial charge >= 0.3 is 0 Å². The standard InChI is InChI=1S/C13H16O3/c1-8-4-9-6-12(15-2)13(16-3)7-10(9)5-11(8)14/h6-8H,4-5H2,1-3H3. The van der Waals surface area contributed by atoms with E-state index in [1.165, 1.54) is 5.56 Å². The number of hydrogen-bond acceptors (Lipinski definition) is 3. The molecule has 0 saturated heterocycles. The second kappa shape index (κ2) is 4.16. The van der Waals surface area contributed by atoms with Crippen molar-refractivity contribution in [2.75, 3.05) is 14.2 Å². The third-order valence-corrected chi connectivity index (χ3v) is 3.15.